The third kappa shape index (κ3) is 4.31. The molecular weight excluding hydrogens is 261 g/mol. The molecule has 5 nitrogen and oxygen atoms in total. The highest BCUT2D eigenvalue weighted by atomic mass is 19.1. The van der Waals surface area contributed by atoms with E-state index in [1.807, 2.05) is 20.8 Å². The summed E-state index contributed by atoms with van der Waals surface area (Å²) in [6, 6.07) is 4.44. The Labute approximate surface area is 117 Å². The fraction of sp³-hybridized carbons (Fsp3) is 0.429. The van der Waals surface area contributed by atoms with E-state index in [9.17, 15) is 4.39 Å². The molecule has 1 aromatic heterocycles. The van der Waals surface area contributed by atoms with E-state index in [0.29, 0.717) is 18.1 Å². The van der Waals surface area contributed by atoms with Crippen molar-refractivity contribution in [2.24, 2.45) is 0 Å². The Morgan fingerprint density at radius 3 is 2.80 bits per heavy atom. The lowest BCUT2D eigenvalue weighted by molar-refractivity contribution is 0.281. The van der Waals surface area contributed by atoms with E-state index in [1.165, 1.54) is 18.5 Å². The van der Waals surface area contributed by atoms with Gasteiger partial charge in [-0.05, 0) is 39.0 Å². The average Bonchev–Trinajstić information content (AvgIpc) is 2.87. The molecule has 1 N–H and O–H groups in total. The van der Waals surface area contributed by atoms with Crippen LogP contribution < -0.4 is 10.1 Å². The van der Waals surface area contributed by atoms with Gasteiger partial charge in [0.2, 0.25) is 12.2 Å². The van der Waals surface area contributed by atoms with Crippen molar-refractivity contribution in [1.29, 1.82) is 0 Å². The van der Waals surface area contributed by atoms with Crippen molar-refractivity contribution >= 4 is 0 Å². The van der Waals surface area contributed by atoms with E-state index in [2.05, 4.69) is 20.0 Å². The summed E-state index contributed by atoms with van der Waals surface area (Å²) in [6.07, 6.45) is 1.24. The van der Waals surface area contributed by atoms with Crippen LogP contribution >= 0.6 is 0 Å². The number of hydrogen-bond donors (Lipinski definition) is 1. The van der Waals surface area contributed by atoms with Crippen LogP contribution in [0.1, 0.15) is 32.2 Å². The molecule has 2 rings (SSSR count). The topological polar surface area (TPSA) is 60.2 Å². The summed E-state index contributed by atoms with van der Waals surface area (Å²) in [5.41, 5.74) is 0.695. The molecule has 0 aliphatic heterocycles. The molecule has 0 unspecified atom stereocenters. The molecule has 108 valence electrons. The number of ether oxygens (including phenoxy) is 1. The summed E-state index contributed by atoms with van der Waals surface area (Å²) < 4.78 is 23.6. The number of halogens is 1. The Balaban J connectivity index is 2.07. The van der Waals surface area contributed by atoms with Gasteiger partial charge in [0.05, 0.1) is 0 Å². The Bertz CT molecular complexity index is 550. The van der Waals surface area contributed by atoms with Crippen LogP contribution in [0.4, 0.5) is 4.39 Å². The molecule has 0 saturated carbocycles. The molecule has 6 heteroatoms. The zero-order valence-corrected chi connectivity index (χ0v) is 11.8. The van der Waals surface area contributed by atoms with E-state index >= 15 is 0 Å². The molecule has 0 fully saturated rings. The van der Waals surface area contributed by atoms with E-state index in [4.69, 9.17) is 4.74 Å². The molecule has 0 saturated heterocycles. The van der Waals surface area contributed by atoms with Gasteiger partial charge in [0, 0.05) is 17.6 Å². The van der Waals surface area contributed by atoms with Crippen molar-refractivity contribution in [3.05, 3.63) is 41.8 Å². The first-order chi connectivity index (χ1) is 9.44. The van der Waals surface area contributed by atoms with E-state index in [0.717, 1.165) is 5.56 Å². The molecule has 2 aromatic rings. The maximum absolute atomic E-state index is 13.4. The van der Waals surface area contributed by atoms with E-state index in [-0.39, 0.29) is 18.0 Å². The lowest BCUT2D eigenvalue weighted by Crippen LogP contribution is -2.35. The molecule has 0 aliphatic carbocycles. The highest BCUT2D eigenvalue weighted by Crippen LogP contribution is 2.21. The van der Waals surface area contributed by atoms with Crippen LogP contribution in [0.25, 0.3) is 0 Å². The Hall–Kier alpha value is -1.95. The largest absolute Gasteiger partial charge is 0.485 e. The molecule has 0 bridgehead atoms. The van der Waals surface area contributed by atoms with Gasteiger partial charge in [-0.1, -0.05) is 5.16 Å². The second-order valence-electron chi connectivity index (χ2n) is 5.49. The number of rotatable bonds is 5. The Morgan fingerprint density at radius 1 is 1.35 bits per heavy atom. The van der Waals surface area contributed by atoms with Gasteiger partial charge in [-0.15, -0.1) is 0 Å². The van der Waals surface area contributed by atoms with Crippen LogP contribution in [0, 0.1) is 5.82 Å². The molecule has 0 spiro atoms. The second kappa shape index (κ2) is 6.00. The van der Waals surface area contributed by atoms with Crippen LogP contribution in [0.5, 0.6) is 5.75 Å². The molecule has 1 aromatic carbocycles. The van der Waals surface area contributed by atoms with E-state index in [1.54, 1.807) is 6.07 Å². The van der Waals surface area contributed by atoms with Gasteiger partial charge in [-0.2, -0.15) is 4.98 Å². The normalized spacial score (nSPS) is 11.6. The van der Waals surface area contributed by atoms with Crippen LogP contribution in [0.3, 0.4) is 0 Å². The first-order valence-electron chi connectivity index (χ1n) is 6.35. The van der Waals surface area contributed by atoms with Gasteiger partial charge in [-0.3, -0.25) is 0 Å². The van der Waals surface area contributed by atoms with Crippen molar-refractivity contribution in [3.8, 4) is 5.75 Å². The number of nitrogens with one attached hydrogen (secondary N) is 1. The summed E-state index contributed by atoms with van der Waals surface area (Å²) in [4.78, 5) is 3.87. The molecule has 0 radical (unpaired) electrons. The number of aromatic nitrogens is 2. The van der Waals surface area contributed by atoms with Crippen molar-refractivity contribution in [1.82, 2.24) is 15.5 Å². The minimum Gasteiger partial charge on any atom is -0.485 e. The third-order valence-corrected chi connectivity index (χ3v) is 2.60. The predicted molar refractivity (Wildman–Crippen MR) is 71.6 cm³/mol. The third-order valence-electron chi connectivity index (χ3n) is 2.60. The molecule has 0 aliphatic rings. The molecule has 0 atom stereocenters. The summed E-state index contributed by atoms with van der Waals surface area (Å²) in [5.74, 6) is 0.764. The van der Waals surface area contributed by atoms with Gasteiger partial charge in [0.1, 0.15) is 11.6 Å². The summed E-state index contributed by atoms with van der Waals surface area (Å²) in [5, 5.41) is 6.97. The molecule has 1 heterocycles. The van der Waals surface area contributed by atoms with Gasteiger partial charge in [0.25, 0.3) is 0 Å². The van der Waals surface area contributed by atoms with Gasteiger partial charge in [0.15, 0.2) is 6.61 Å². The highest BCUT2D eigenvalue weighted by Gasteiger charge is 2.12. The lowest BCUT2D eigenvalue weighted by Gasteiger charge is -2.21. The number of benzene rings is 1. The second-order valence-corrected chi connectivity index (χ2v) is 5.49. The summed E-state index contributed by atoms with van der Waals surface area (Å²) in [6.45, 7) is 6.85. The van der Waals surface area contributed by atoms with E-state index < -0.39 is 0 Å². The fourth-order valence-corrected chi connectivity index (χ4v) is 1.59. The SMILES string of the molecule is CC(C)(C)NCc1cc(F)ccc1OCc1ncon1. The van der Waals surface area contributed by atoms with Crippen molar-refractivity contribution < 1.29 is 13.7 Å². The lowest BCUT2D eigenvalue weighted by atomic mass is 10.1. The summed E-state index contributed by atoms with van der Waals surface area (Å²) >= 11 is 0. The summed E-state index contributed by atoms with van der Waals surface area (Å²) in [7, 11) is 0. The predicted octanol–water partition coefficient (Wildman–Crippen LogP) is 2.68. The minimum atomic E-state index is -0.289. The molecule has 20 heavy (non-hydrogen) atoms. The maximum atomic E-state index is 13.4. The first-order valence-corrected chi connectivity index (χ1v) is 6.35. The van der Waals surface area contributed by atoms with Crippen molar-refractivity contribution in [3.63, 3.8) is 0 Å². The monoisotopic (exact) mass is 279 g/mol. The highest BCUT2D eigenvalue weighted by molar-refractivity contribution is 5.34. The van der Waals surface area contributed by atoms with Crippen LogP contribution in [-0.4, -0.2) is 15.7 Å². The smallest absolute Gasteiger partial charge is 0.213 e. The Kier molecular flexibility index (Phi) is 4.34. The van der Waals surface area contributed by atoms with Gasteiger partial charge < -0.3 is 14.6 Å². The maximum Gasteiger partial charge on any atom is 0.213 e. The van der Waals surface area contributed by atoms with Crippen LogP contribution in [-0.2, 0) is 13.2 Å². The Morgan fingerprint density at radius 2 is 2.15 bits per heavy atom. The zero-order chi connectivity index (χ0) is 14.6. The van der Waals surface area contributed by atoms with Crippen molar-refractivity contribution in [2.75, 3.05) is 0 Å². The van der Waals surface area contributed by atoms with Gasteiger partial charge in [-0.25, -0.2) is 4.39 Å². The molecule has 0 amide bonds. The van der Waals surface area contributed by atoms with Crippen LogP contribution in [0.15, 0.2) is 29.1 Å². The van der Waals surface area contributed by atoms with Gasteiger partial charge >= 0.3 is 0 Å². The number of hydrogen-bond acceptors (Lipinski definition) is 5. The first kappa shape index (κ1) is 14.5. The zero-order valence-electron chi connectivity index (χ0n) is 11.8. The standard InChI is InChI=1S/C14H18FN3O2/c1-14(2,3)17-7-10-6-11(15)4-5-12(10)19-8-13-16-9-20-18-13/h4-6,9,17H,7-8H2,1-3H3. The molecular formula is C14H18FN3O2. The number of nitrogens with zero attached hydrogens (tertiary/aromatic N) is 2. The average molecular weight is 279 g/mol. The van der Waals surface area contributed by atoms with Crippen LogP contribution in [0.2, 0.25) is 0 Å². The quantitative estimate of drug-likeness (QED) is 0.911. The minimum absolute atomic E-state index is 0.0583. The fourth-order valence-electron chi connectivity index (χ4n) is 1.59. The van der Waals surface area contributed by atoms with Crippen molar-refractivity contribution in [2.45, 2.75) is 39.5 Å².